The van der Waals surface area contributed by atoms with E-state index in [1.165, 1.54) is 25.3 Å². The minimum Gasteiger partial charge on any atom is -0.490 e. The van der Waals surface area contributed by atoms with Crippen LogP contribution in [-0.4, -0.2) is 22.9 Å². The summed E-state index contributed by atoms with van der Waals surface area (Å²) in [5, 5.41) is 16.8. The largest absolute Gasteiger partial charge is 0.490 e. The lowest BCUT2D eigenvalue weighted by molar-refractivity contribution is -0.385. The van der Waals surface area contributed by atoms with Crippen molar-refractivity contribution in [2.45, 2.75) is 32.7 Å². The van der Waals surface area contributed by atoms with E-state index >= 15 is 0 Å². The molecule has 128 valence electrons. The maximum Gasteiger partial charge on any atom is 0.311 e. The van der Waals surface area contributed by atoms with E-state index in [0.717, 1.165) is 10.7 Å². The molecule has 24 heavy (non-hydrogen) atoms. The Bertz CT molecular complexity index is 758. The number of methoxy groups -OCH3 is 1. The Labute approximate surface area is 143 Å². The van der Waals surface area contributed by atoms with E-state index in [0.29, 0.717) is 5.92 Å². The highest BCUT2D eigenvalue weighted by molar-refractivity contribution is 7.09. The number of carbonyl (C=O) groups is 1. The van der Waals surface area contributed by atoms with Gasteiger partial charge in [-0.05, 0) is 19.1 Å². The molecule has 0 fully saturated rings. The molecule has 1 heterocycles. The van der Waals surface area contributed by atoms with Crippen LogP contribution < -0.4 is 10.1 Å². The van der Waals surface area contributed by atoms with Crippen molar-refractivity contribution in [3.8, 4) is 5.75 Å². The number of amides is 1. The zero-order valence-electron chi connectivity index (χ0n) is 13.9. The molecule has 2 rings (SSSR count). The van der Waals surface area contributed by atoms with Crippen molar-refractivity contribution in [1.82, 2.24) is 10.3 Å². The monoisotopic (exact) mass is 349 g/mol. The number of nitro groups is 1. The number of nitrogens with one attached hydrogen (secondary N) is 1. The number of hydrogen-bond acceptors (Lipinski definition) is 6. The second-order valence-electron chi connectivity index (χ2n) is 5.60. The van der Waals surface area contributed by atoms with Gasteiger partial charge in [0.2, 0.25) is 0 Å². The fourth-order valence-corrected chi connectivity index (χ4v) is 3.02. The van der Waals surface area contributed by atoms with E-state index in [1.54, 1.807) is 11.3 Å². The van der Waals surface area contributed by atoms with E-state index in [4.69, 9.17) is 4.74 Å². The molecule has 0 saturated heterocycles. The number of nitro benzene ring substituents is 1. The van der Waals surface area contributed by atoms with Gasteiger partial charge in [-0.25, -0.2) is 4.98 Å². The third-order valence-electron chi connectivity index (χ3n) is 3.46. The predicted octanol–water partition coefficient (Wildman–Crippen LogP) is 3.67. The van der Waals surface area contributed by atoms with Gasteiger partial charge in [-0.15, -0.1) is 11.3 Å². The summed E-state index contributed by atoms with van der Waals surface area (Å²) in [5.74, 6) is 0.0499. The number of carbonyl (C=O) groups excluding carboxylic acids is 1. The summed E-state index contributed by atoms with van der Waals surface area (Å²) < 4.78 is 4.93. The quantitative estimate of drug-likeness (QED) is 0.634. The Balaban J connectivity index is 2.16. The Morgan fingerprint density at radius 3 is 2.62 bits per heavy atom. The predicted molar refractivity (Wildman–Crippen MR) is 91.7 cm³/mol. The van der Waals surface area contributed by atoms with Gasteiger partial charge in [0.1, 0.15) is 0 Å². The van der Waals surface area contributed by atoms with E-state index in [-0.39, 0.29) is 23.0 Å². The minimum atomic E-state index is -0.575. The zero-order chi connectivity index (χ0) is 17.9. The highest BCUT2D eigenvalue weighted by Gasteiger charge is 2.20. The van der Waals surface area contributed by atoms with E-state index < -0.39 is 10.8 Å². The first-order valence-electron chi connectivity index (χ1n) is 7.42. The van der Waals surface area contributed by atoms with E-state index in [2.05, 4.69) is 24.1 Å². The molecule has 0 bridgehead atoms. The molecule has 1 aromatic heterocycles. The topological polar surface area (TPSA) is 94.4 Å². The van der Waals surface area contributed by atoms with Crippen molar-refractivity contribution < 1.29 is 14.5 Å². The number of nitrogens with zero attached hydrogens (tertiary/aromatic N) is 2. The van der Waals surface area contributed by atoms with Crippen LogP contribution in [0.4, 0.5) is 5.69 Å². The van der Waals surface area contributed by atoms with E-state index in [9.17, 15) is 14.9 Å². The number of hydrogen-bond donors (Lipinski definition) is 1. The molecule has 0 spiro atoms. The molecule has 2 aromatic rings. The van der Waals surface area contributed by atoms with Gasteiger partial charge in [0, 0.05) is 22.9 Å². The fraction of sp³-hybridized carbons (Fsp3) is 0.375. The van der Waals surface area contributed by atoms with Gasteiger partial charge < -0.3 is 10.1 Å². The standard InChI is InChI=1S/C16H19N3O4S/c1-9(2)16-18-12(8-24-16)10(3)17-15(20)11-5-6-14(23-4)13(7-11)19(21)22/h5-10H,1-4H3,(H,17,20)/t10-/m1/s1. The molecular formula is C16H19N3O4S. The Morgan fingerprint density at radius 1 is 1.38 bits per heavy atom. The molecule has 0 aliphatic rings. The number of ether oxygens (including phenoxy) is 1. The fourth-order valence-electron chi connectivity index (χ4n) is 2.09. The molecule has 1 aromatic carbocycles. The summed E-state index contributed by atoms with van der Waals surface area (Å²) in [6, 6.07) is 3.83. The maximum atomic E-state index is 12.3. The van der Waals surface area contributed by atoms with Crippen molar-refractivity contribution in [3.05, 3.63) is 50.0 Å². The van der Waals surface area contributed by atoms with Gasteiger partial charge in [0.15, 0.2) is 5.75 Å². The summed E-state index contributed by atoms with van der Waals surface area (Å²) in [7, 11) is 1.35. The Morgan fingerprint density at radius 2 is 2.08 bits per heavy atom. The second-order valence-corrected chi connectivity index (χ2v) is 6.49. The molecule has 0 unspecified atom stereocenters. The molecule has 7 nitrogen and oxygen atoms in total. The van der Waals surface area contributed by atoms with Crippen LogP contribution in [0.25, 0.3) is 0 Å². The van der Waals surface area contributed by atoms with Crippen LogP contribution >= 0.6 is 11.3 Å². The molecule has 0 saturated carbocycles. The van der Waals surface area contributed by atoms with Crippen molar-refractivity contribution in [2.24, 2.45) is 0 Å². The molecule has 0 radical (unpaired) electrons. The van der Waals surface area contributed by atoms with Crippen molar-refractivity contribution in [1.29, 1.82) is 0 Å². The molecule has 1 amide bonds. The van der Waals surface area contributed by atoms with Gasteiger partial charge in [0.05, 0.1) is 28.8 Å². The number of rotatable bonds is 6. The number of aromatic nitrogens is 1. The van der Waals surface area contributed by atoms with Crippen molar-refractivity contribution in [2.75, 3.05) is 7.11 Å². The first kappa shape index (κ1) is 17.9. The van der Waals surface area contributed by atoms with Crippen molar-refractivity contribution in [3.63, 3.8) is 0 Å². The molecule has 1 N–H and O–H groups in total. The molecule has 8 heteroatoms. The summed E-state index contributed by atoms with van der Waals surface area (Å²) >= 11 is 1.55. The third-order valence-corrected chi connectivity index (χ3v) is 4.63. The van der Waals surface area contributed by atoms with Crippen LogP contribution in [0.3, 0.4) is 0 Å². The molecular weight excluding hydrogens is 330 g/mol. The lowest BCUT2D eigenvalue weighted by atomic mass is 10.1. The second kappa shape index (κ2) is 7.39. The average molecular weight is 349 g/mol. The lowest BCUT2D eigenvalue weighted by Crippen LogP contribution is -2.27. The zero-order valence-corrected chi connectivity index (χ0v) is 14.7. The van der Waals surface area contributed by atoms with Crippen LogP contribution in [0, 0.1) is 10.1 Å². The normalized spacial score (nSPS) is 12.0. The van der Waals surface area contributed by atoms with E-state index in [1.807, 2.05) is 12.3 Å². The number of benzene rings is 1. The maximum absolute atomic E-state index is 12.3. The van der Waals surface area contributed by atoms with Crippen LogP contribution in [0.2, 0.25) is 0 Å². The van der Waals surface area contributed by atoms with Gasteiger partial charge in [-0.3, -0.25) is 14.9 Å². The third kappa shape index (κ3) is 3.88. The van der Waals surface area contributed by atoms with Gasteiger partial charge >= 0.3 is 5.69 Å². The van der Waals surface area contributed by atoms with Crippen LogP contribution in [0.1, 0.15) is 53.8 Å². The first-order chi connectivity index (χ1) is 11.3. The molecule has 0 aliphatic heterocycles. The smallest absolute Gasteiger partial charge is 0.311 e. The Kier molecular flexibility index (Phi) is 5.50. The first-order valence-corrected chi connectivity index (χ1v) is 8.30. The summed E-state index contributed by atoms with van der Waals surface area (Å²) in [5.41, 5.74) is 0.738. The summed E-state index contributed by atoms with van der Waals surface area (Å²) in [4.78, 5) is 27.3. The van der Waals surface area contributed by atoms with Gasteiger partial charge in [0.25, 0.3) is 5.91 Å². The highest BCUT2D eigenvalue weighted by atomic mass is 32.1. The summed E-state index contributed by atoms with van der Waals surface area (Å²) in [6.45, 7) is 5.94. The van der Waals surface area contributed by atoms with Gasteiger partial charge in [-0.1, -0.05) is 13.8 Å². The molecule has 0 aliphatic carbocycles. The minimum absolute atomic E-state index is 0.116. The van der Waals surface area contributed by atoms with Crippen LogP contribution in [-0.2, 0) is 0 Å². The average Bonchev–Trinajstić information content (AvgIpc) is 3.04. The lowest BCUT2D eigenvalue weighted by Gasteiger charge is -2.12. The number of thiazole rings is 1. The van der Waals surface area contributed by atoms with Crippen LogP contribution in [0.5, 0.6) is 5.75 Å². The Hall–Kier alpha value is -2.48. The molecule has 1 atom stereocenters. The van der Waals surface area contributed by atoms with Crippen LogP contribution in [0.15, 0.2) is 23.6 Å². The SMILES string of the molecule is COc1ccc(C(=O)N[C@H](C)c2csc(C(C)C)n2)cc1[N+](=O)[O-]. The summed E-state index contributed by atoms with van der Waals surface area (Å²) in [6.07, 6.45) is 0. The highest BCUT2D eigenvalue weighted by Crippen LogP contribution is 2.28. The van der Waals surface area contributed by atoms with Gasteiger partial charge in [-0.2, -0.15) is 0 Å². The van der Waals surface area contributed by atoms with Crippen molar-refractivity contribution >= 4 is 22.9 Å².